The summed E-state index contributed by atoms with van der Waals surface area (Å²) in [5.41, 5.74) is 4.73. The summed E-state index contributed by atoms with van der Waals surface area (Å²) in [6.45, 7) is 1.49. The summed E-state index contributed by atoms with van der Waals surface area (Å²) in [4.78, 5) is 13.5. The van der Waals surface area contributed by atoms with Gasteiger partial charge in [-0.25, -0.2) is 14.6 Å². The molecule has 4 heterocycles. The highest BCUT2D eigenvalue weighted by Crippen LogP contribution is 2.34. The molecule has 0 bridgehead atoms. The van der Waals surface area contributed by atoms with Crippen LogP contribution in [0, 0.1) is 11.3 Å². The van der Waals surface area contributed by atoms with Crippen molar-refractivity contribution in [1.82, 2.24) is 30.0 Å². The molecular weight excluding hydrogens is 378 g/mol. The molecule has 3 aromatic heterocycles. The van der Waals surface area contributed by atoms with Gasteiger partial charge < -0.3 is 10.1 Å². The molecule has 8 nitrogen and oxygen atoms in total. The number of nitrogens with one attached hydrogen (secondary N) is 1. The average molecular weight is 395 g/mol. The van der Waals surface area contributed by atoms with Gasteiger partial charge in [-0.3, -0.25) is 4.98 Å². The maximum atomic E-state index is 9.35. The highest BCUT2D eigenvalue weighted by atomic mass is 16.5. The summed E-state index contributed by atoms with van der Waals surface area (Å²) in [6, 6.07) is 14.9. The monoisotopic (exact) mass is 395 g/mol. The minimum Gasteiger partial charge on any atom is -0.438 e. The molecule has 0 amide bonds. The second kappa shape index (κ2) is 7.39. The lowest BCUT2D eigenvalue weighted by Gasteiger charge is -2.11. The zero-order valence-corrected chi connectivity index (χ0v) is 16.2. The van der Waals surface area contributed by atoms with Crippen molar-refractivity contribution in [3.63, 3.8) is 0 Å². The molecule has 0 unspecified atom stereocenters. The third-order valence-corrected chi connectivity index (χ3v) is 4.89. The molecule has 1 N–H and O–H groups in total. The van der Waals surface area contributed by atoms with Gasteiger partial charge in [0.25, 0.3) is 0 Å². The van der Waals surface area contributed by atoms with Gasteiger partial charge in [-0.2, -0.15) is 10.4 Å². The second-order valence-electron chi connectivity index (χ2n) is 6.90. The molecule has 1 aliphatic rings. The minimum atomic E-state index is 0.490. The Balaban J connectivity index is 1.55. The molecule has 5 rings (SSSR count). The molecular formula is C22H17N7O. The van der Waals surface area contributed by atoms with E-state index in [2.05, 4.69) is 31.4 Å². The number of nitriles is 1. The van der Waals surface area contributed by atoms with Crippen molar-refractivity contribution in [2.24, 2.45) is 7.05 Å². The highest BCUT2D eigenvalue weighted by molar-refractivity contribution is 5.67. The molecule has 0 saturated heterocycles. The van der Waals surface area contributed by atoms with Gasteiger partial charge in [-0.05, 0) is 30.3 Å². The van der Waals surface area contributed by atoms with Crippen molar-refractivity contribution in [2.45, 2.75) is 13.1 Å². The minimum absolute atomic E-state index is 0.490. The molecule has 1 aliphatic heterocycles. The van der Waals surface area contributed by atoms with Crippen LogP contribution in [0.25, 0.3) is 22.8 Å². The second-order valence-corrected chi connectivity index (χ2v) is 6.90. The van der Waals surface area contributed by atoms with Gasteiger partial charge in [0.05, 0.1) is 28.6 Å². The van der Waals surface area contributed by atoms with Crippen LogP contribution < -0.4 is 10.1 Å². The van der Waals surface area contributed by atoms with Gasteiger partial charge in [-0.1, -0.05) is 6.07 Å². The van der Waals surface area contributed by atoms with Crippen LogP contribution in [0.5, 0.6) is 11.6 Å². The fourth-order valence-corrected chi connectivity index (χ4v) is 3.35. The molecule has 0 aliphatic carbocycles. The van der Waals surface area contributed by atoms with Crippen molar-refractivity contribution < 1.29 is 4.74 Å². The first-order valence-corrected chi connectivity index (χ1v) is 9.44. The smallest absolute Gasteiger partial charge is 0.218 e. The molecule has 1 aromatic carbocycles. The number of ether oxygens (including phenoxy) is 1. The van der Waals surface area contributed by atoms with E-state index in [-0.39, 0.29) is 0 Å². The number of pyridine rings is 1. The quantitative estimate of drug-likeness (QED) is 0.566. The lowest BCUT2D eigenvalue weighted by Crippen LogP contribution is -2.01. The van der Waals surface area contributed by atoms with Crippen LogP contribution in [0.15, 0.2) is 54.9 Å². The van der Waals surface area contributed by atoms with Gasteiger partial charge in [0.2, 0.25) is 5.88 Å². The third kappa shape index (κ3) is 3.27. The normalized spacial score (nSPS) is 12.4. The van der Waals surface area contributed by atoms with Gasteiger partial charge in [0.1, 0.15) is 11.4 Å². The lowest BCUT2D eigenvalue weighted by molar-refractivity contribution is 0.432. The Bertz CT molecular complexity index is 1270. The topological polar surface area (TPSA) is 102 Å². The first kappa shape index (κ1) is 18.0. The Labute approximate surface area is 172 Å². The van der Waals surface area contributed by atoms with Gasteiger partial charge in [0, 0.05) is 44.2 Å². The van der Waals surface area contributed by atoms with Crippen LogP contribution in [-0.4, -0.2) is 24.7 Å². The molecule has 0 atom stereocenters. The number of hydrogen-bond donors (Lipinski definition) is 1. The third-order valence-electron chi connectivity index (χ3n) is 4.89. The highest BCUT2D eigenvalue weighted by Gasteiger charge is 2.18. The predicted molar refractivity (Wildman–Crippen MR) is 109 cm³/mol. The van der Waals surface area contributed by atoms with E-state index >= 15 is 0 Å². The number of rotatable bonds is 4. The Hall–Kier alpha value is -4.09. The summed E-state index contributed by atoms with van der Waals surface area (Å²) in [5, 5.41) is 17.1. The van der Waals surface area contributed by atoms with Crippen molar-refractivity contribution >= 4 is 0 Å². The summed E-state index contributed by atoms with van der Waals surface area (Å²) < 4.78 is 7.82. The van der Waals surface area contributed by atoms with Gasteiger partial charge in [0.15, 0.2) is 5.82 Å². The van der Waals surface area contributed by atoms with Crippen LogP contribution in [-0.2, 0) is 20.1 Å². The number of fused-ring (bicyclic) bond motifs is 1. The van der Waals surface area contributed by atoms with E-state index in [1.165, 1.54) is 0 Å². The Morgan fingerprint density at radius 2 is 2.03 bits per heavy atom. The SMILES string of the molecule is Cn1nc(-c2ccccn2)cc1Oc1cc(C#N)ccc1-c1ncc2c(n1)CNC2. The summed E-state index contributed by atoms with van der Waals surface area (Å²) in [7, 11) is 1.80. The number of nitrogens with zero attached hydrogens (tertiary/aromatic N) is 6. The van der Waals surface area contributed by atoms with Crippen molar-refractivity contribution in [3.8, 4) is 40.5 Å². The zero-order chi connectivity index (χ0) is 20.5. The van der Waals surface area contributed by atoms with Crippen molar-refractivity contribution in [2.75, 3.05) is 0 Å². The largest absolute Gasteiger partial charge is 0.438 e. The van der Waals surface area contributed by atoms with E-state index in [1.54, 1.807) is 30.1 Å². The first-order valence-electron chi connectivity index (χ1n) is 9.44. The van der Waals surface area contributed by atoms with Gasteiger partial charge in [-0.15, -0.1) is 0 Å². The van der Waals surface area contributed by atoms with E-state index in [9.17, 15) is 5.26 Å². The van der Waals surface area contributed by atoms with Crippen LogP contribution in [0.1, 0.15) is 16.8 Å². The van der Waals surface area contributed by atoms with E-state index < -0.39 is 0 Å². The van der Waals surface area contributed by atoms with Crippen LogP contribution in [0.3, 0.4) is 0 Å². The molecule has 30 heavy (non-hydrogen) atoms. The maximum Gasteiger partial charge on any atom is 0.218 e. The number of hydrogen-bond acceptors (Lipinski definition) is 7. The lowest BCUT2D eigenvalue weighted by atomic mass is 10.1. The van der Waals surface area contributed by atoms with E-state index in [0.717, 1.165) is 23.5 Å². The molecule has 0 spiro atoms. The maximum absolute atomic E-state index is 9.35. The van der Waals surface area contributed by atoms with Crippen molar-refractivity contribution in [1.29, 1.82) is 5.26 Å². The summed E-state index contributed by atoms with van der Waals surface area (Å²) in [5.74, 6) is 1.58. The zero-order valence-electron chi connectivity index (χ0n) is 16.2. The molecule has 0 saturated carbocycles. The Kier molecular flexibility index (Phi) is 4.42. The first-order chi connectivity index (χ1) is 14.7. The standard InChI is InChI=1S/C22H17N7O/c1-29-21(9-18(28-29)17-4-2-3-7-25-17)30-20-8-14(10-23)5-6-16(20)22-26-12-15-11-24-13-19(15)27-22/h2-9,12,24H,11,13H2,1H3. The number of aryl methyl sites for hydroxylation is 1. The van der Waals surface area contributed by atoms with Crippen LogP contribution >= 0.6 is 0 Å². The van der Waals surface area contributed by atoms with E-state index in [4.69, 9.17) is 4.74 Å². The average Bonchev–Trinajstić information content (AvgIpc) is 3.40. The van der Waals surface area contributed by atoms with E-state index in [0.29, 0.717) is 40.8 Å². The Morgan fingerprint density at radius 3 is 2.87 bits per heavy atom. The van der Waals surface area contributed by atoms with Crippen LogP contribution in [0.4, 0.5) is 0 Å². The fraction of sp³-hybridized carbons (Fsp3) is 0.136. The Morgan fingerprint density at radius 1 is 1.10 bits per heavy atom. The molecule has 8 heteroatoms. The molecule has 0 fully saturated rings. The van der Waals surface area contributed by atoms with E-state index in [1.807, 2.05) is 36.5 Å². The number of aromatic nitrogens is 5. The summed E-state index contributed by atoms with van der Waals surface area (Å²) in [6.07, 6.45) is 3.56. The molecule has 146 valence electrons. The number of benzene rings is 1. The fourth-order valence-electron chi connectivity index (χ4n) is 3.35. The van der Waals surface area contributed by atoms with Crippen LogP contribution in [0.2, 0.25) is 0 Å². The summed E-state index contributed by atoms with van der Waals surface area (Å²) >= 11 is 0. The van der Waals surface area contributed by atoms with Crippen molar-refractivity contribution in [3.05, 3.63) is 71.7 Å². The molecule has 4 aromatic rings. The molecule has 0 radical (unpaired) electrons. The predicted octanol–water partition coefficient (Wildman–Crippen LogP) is 3.21. The van der Waals surface area contributed by atoms with Gasteiger partial charge >= 0.3 is 0 Å².